The average molecular weight is 339 g/mol. The molecule has 0 saturated carbocycles. The Kier molecular flexibility index (Phi) is 7.81. The lowest BCUT2D eigenvalue weighted by molar-refractivity contribution is 0.0601. The summed E-state index contributed by atoms with van der Waals surface area (Å²) in [7, 11) is 5.37. The molecule has 0 radical (unpaired) electrons. The fraction of sp³-hybridized carbons (Fsp3) is 0.353. The molecule has 0 aliphatic carbocycles. The van der Waals surface area contributed by atoms with Gasteiger partial charge in [0.05, 0.1) is 19.2 Å². The Morgan fingerprint density at radius 2 is 2.09 bits per heavy atom. The Morgan fingerprint density at radius 3 is 2.78 bits per heavy atom. The Labute approximate surface area is 143 Å². The standard InChI is InChI=1S/C17H22N2O3.ClH/c1-18-9-10-19(2)12-15-7-8-16(22-15)13-5-4-6-14(11-13)17(20)21-3;/h4-8,11,18H,9-10,12H2,1-3H3;1H. The Hall–Kier alpha value is -1.82. The molecule has 0 amide bonds. The molecule has 0 atom stereocenters. The molecule has 2 aromatic rings. The summed E-state index contributed by atoms with van der Waals surface area (Å²) in [5, 5.41) is 3.12. The van der Waals surface area contributed by atoms with Gasteiger partial charge in [0.25, 0.3) is 0 Å². The quantitative estimate of drug-likeness (QED) is 0.787. The summed E-state index contributed by atoms with van der Waals surface area (Å²) in [6.07, 6.45) is 0. The van der Waals surface area contributed by atoms with Crippen molar-refractivity contribution in [3.63, 3.8) is 0 Å². The summed E-state index contributed by atoms with van der Waals surface area (Å²) in [5.74, 6) is 1.31. The zero-order valence-corrected chi connectivity index (χ0v) is 14.5. The van der Waals surface area contributed by atoms with Crippen LogP contribution in [-0.4, -0.2) is 45.2 Å². The molecular weight excluding hydrogens is 316 g/mol. The van der Waals surface area contributed by atoms with Gasteiger partial charge in [-0.1, -0.05) is 12.1 Å². The first-order valence-electron chi connectivity index (χ1n) is 7.24. The summed E-state index contributed by atoms with van der Waals surface area (Å²) in [4.78, 5) is 13.8. The third kappa shape index (κ3) is 5.39. The highest BCUT2D eigenvalue weighted by atomic mass is 35.5. The summed E-state index contributed by atoms with van der Waals surface area (Å²) in [6.45, 7) is 2.63. The van der Waals surface area contributed by atoms with E-state index < -0.39 is 0 Å². The van der Waals surface area contributed by atoms with Crippen molar-refractivity contribution in [2.24, 2.45) is 0 Å². The van der Waals surface area contributed by atoms with Crippen molar-refractivity contribution in [3.05, 3.63) is 47.7 Å². The van der Waals surface area contributed by atoms with Crippen LogP contribution >= 0.6 is 12.4 Å². The van der Waals surface area contributed by atoms with Crippen LogP contribution in [0.2, 0.25) is 0 Å². The van der Waals surface area contributed by atoms with Gasteiger partial charge in [-0.3, -0.25) is 4.90 Å². The first-order valence-corrected chi connectivity index (χ1v) is 7.24. The lowest BCUT2D eigenvalue weighted by atomic mass is 10.1. The van der Waals surface area contributed by atoms with Gasteiger partial charge in [0.1, 0.15) is 11.5 Å². The molecule has 0 bridgehead atoms. The molecule has 1 aromatic carbocycles. The Balaban J connectivity index is 0.00000264. The van der Waals surface area contributed by atoms with E-state index in [1.807, 2.05) is 31.3 Å². The third-order valence-corrected chi connectivity index (χ3v) is 3.40. The molecule has 1 heterocycles. The molecule has 126 valence electrons. The van der Waals surface area contributed by atoms with Gasteiger partial charge in [-0.25, -0.2) is 4.79 Å². The van der Waals surface area contributed by atoms with Crippen LogP contribution in [0.3, 0.4) is 0 Å². The van der Waals surface area contributed by atoms with E-state index in [1.54, 1.807) is 12.1 Å². The zero-order valence-electron chi connectivity index (χ0n) is 13.7. The molecule has 0 aliphatic rings. The zero-order chi connectivity index (χ0) is 15.9. The van der Waals surface area contributed by atoms with E-state index in [0.717, 1.165) is 36.7 Å². The highest BCUT2D eigenvalue weighted by Crippen LogP contribution is 2.24. The predicted octanol–water partition coefficient (Wildman–Crippen LogP) is 2.81. The van der Waals surface area contributed by atoms with E-state index in [0.29, 0.717) is 5.56 Å². The van der Waals surface area contributed by atoms with Crippen molar-refractivity contribution in [2.75, 3.05) is 34.3 Å². The molecule has 5 nitrogen and oxygen atoms in total. The van der Waals surface area contributed by atoms with Gasteiger partial charge in [-0.05, 0) is 38.4 Å². The molecule has 23 heavy (non-hydrogen) atoms. The minimum atomic E-state index is -0.347. The van der Waals surface area contributed by atoms with Crippen LogP contribution in [0, 0.1) is 0 Å². The van der Waals surface area contributed by atoms with E-state index in [9.17, 15) is 4.79 Å². The number of furan rings is 1. The van der Waals surface area contributed by atoms with Crippen molar-refractivity contribution < 1.29 is 13.9 Å². The van der Waals surface area contributed by atoms with Crippen molar-refractivity contribution in [3.8, 4) is 11.3 Å². The molecule has 1 N–H and O–H groups in total. The maximum absolute atomic E-state index is 11.6. The number of rotatable bonds is 7. The number of hydrogen-bond donors (Lipinski definition) is 1. The lowest BCUT2D eigenvalue weighted by Gasteiger charge is -2.14. The smallest absolute Gasteiger partial charge is 0.337 e. The number of halogens is 1. The van der Waals surface area contributed by atoms with Gasteiger partial charge in [0.15, 0.2) is 0 Å². The van der Waals surface area contributed by atoms with Gasteiger partial charge in [-0.15, -0.1) is 12.4 Å². The van der Waals surface area contributed by atoms with Crippen LogP contribution in [0.5, 0.6) is 0 Å². The number of esters is 1. The van der Waals surface area contributed by atoms with Gasteiger partial charge in [0, 0.05) is 18.7 Å². The van der Waals surface area contributed by atoms with Crippen LogP contribution in [-0.2, 0) is 11.3 Å². The van der Waals surface area contributed by atoms with E-state index in [-0.39, 0.29) is 18.4 Å². The fourth-order valence-electron chi connectivity index (χ4n) is 2.18. The number of nitrogens with one attached hydrogen (secondary N) is 1. The molecule has 0 saturated heterocycles. The minimum absolute atomic E-state index is 0. The number of methoxy groups -OCH3 is 1. The molecule has 0 aliphatic heterocycles. The lowest BCUT2D eigenvalue weighted by Crippen LogP contribution is -2.26. The van der Waals surface area contributed by atoms with Gasteiger partial charge in [0.2, 0.25) is 0 Å². The van der Waals surface area contributed by atoms with Gasteiger partial charge < -0.3 is 14.5 Å². The number of ether oxygens (including phenoxy) is 1. The van der Waals surface area contributed by atoms with Crippen LogP contribution in [0.4, 0.5) is 0 Å². The number of carbonyl (C=O) groups is 1. The van der Waals surface area contributed by atoms with Crippen LogP contribution in [0.25, 0.3) is 11.3 Å². The Morgan fingerprint density at radius 1 is 1.30 bits per heavy atom. The molecule has 6 heteroatoms. The molecule has 0 spiro atoms. The van der Waals surface area contributed by atoms with Gasteiger partial charge in [-0.2, -0.15) is 0 Å². The summed E-state index contributed by atoms with van der Waals surface area (Å²) >= 11 is 0. The average Bonchev–Trinajstić information content (AvgIpc) is 3.00. The third-order valence-electron chi connectivity index (χ3n) is 3.40. The topological polar surface area (TPSA) is 54.7 Å². The first kappa shape index (κ1) is 19.2. The largest absolute Gasteiger partial charge is 0.465 e. The maximum Gasteiger partial charge on any atom is 0.337 e. The Bertz CT molecular complexity index is 628. The summed E-state index contributed by atoms with van der Waals surface area (Å²) in [5.41, 5.74) is 1.39. The van der Waals surface area contributed by atoms with E-state index >= 15 is 0 Å². The van der Waals surface area contributed by atoms with Crippen LogP contribution < -0.4 is 5.32 Å². The second kappa shape index (κ2) is 9.35. The van der Waals surface area contributed by atoms with Crippen molar-refractivity contribution in [1.82, 2.24) is 10.2 Å². The molecule has 0 unspecified atom stereocenters. The number of carbonyl (C=O) groups excluding carboxylic acids is 1. The molecule has 1 aromatic heterocycles. The number of nitrogens with zero attached hydrogens (tertiary/aromatic N) is 1. The normalized spacial score (nSPS) is 10.4. The van der Waals surface area contributed by atoms with Crippen molar-refractivity contribution in [2.45, 2.75) is 6.54 Å². The summed E-state index contributed by atoms with van der Waals surface area (Å²) in [6, 6.07) is 11.1. The number of likely N-dealkylation sites (N-methyl/N-ethyl adjacent to an activating group) is 2. The van der Waals surface area contributed by atoms with Crippen molar-refractivity contribution in [1.29, 1.82) is 0 Å². The SMILES string of the molecule is CNCCN(C)Cc1ccc(-c2cccc(C(=O)OC)c2)o1.Cl. The fourth-order valence-corrected chi connectivity index (χ4v) is 2.18. The second-order valence-electron chi connectivity index (χ2n) is 5.18. The highest BCUT2D eigenvalue weighted by molar-refractivity contribution is 5.90. The predicted molar refractivity (Wildman–Crippen MR) is 93.0 cm³/mol. The van der Waals surface area contributed by atoms with E-state index in [4.69, 9.17) is 9.15 Å². The second-order valence-corrected chi connectivity index (χ2v) is 5.18. The minimum Gasteiger partial charge on any atom is -0.465 e. The van der Waals surface area contributed by atoms with Crippen LogP contribution in [0.1, 0.15) is 16.1 Å². The number of benzene rings is 1. The van der Waals surface area contributed by atoms with Crippen molar-refractivity contribution >= 4 is 18.4 Å². The highest BCUT2D eigenvalue weighted by Gasteiger charge is 2.10. The monoisotopic (exact) mass is 338 g/mol. The van der Waals surface area contributed by atoms with E-state index in [1.165, 1.54) is 7.11 Å². The van der Waals surface area contributed by atoms with Crippen LogP contribution in [0.15, 0.2) is 40.8 Å². The summed E-state index contributed by atoms with van der Waals surface area (Å²) < 4.78 is 10.6. The van der Waals surface area contributed by atoms with E-state index in [2.05, 4.69) is 17.3 Å². The maximum atomic E-state index is 11.6. The molecule has 0 fully saturated rings. The number of hydrogen-bond acceptors (Lipinski definition) is 5. The molecular formula is C17H23ClN2O3. The first-order chi connectivity index (χ1) is 10.6. The molecule has 2 rings (SSSR count). The van der Waals surface area contributed by atoms with Gasteiger partial charge >= 0.3 is 5.97 Å².